The highest BCUT2D eigenvalue weighted by molar-refractivity contribution is 7.14. The average Bonchev–Trinajstić information content (AvgIpc) is 2.84. The molecule has 0 saturated heterocycles. The van der Waals surface area contributed by atoms with Crippen LogP contribution in [0.4, 0.5) is 0 Å². The largest absolute Gasteiger partial charge is 0.393 e. The fourth-order valence-corrected chi connectivity index (χ4v) is 4.59. The number of hydrogen-bond acceptors (Lipinski definition) is 3. The number of aliphatic hydroxyl groups is 1. The summed E-state index contributed by atoms with van der Waals surface area (Å²) < 4.78 is 0. The number of rotatable bonds is 2. The Balaban J connectivity index is 1.63. The van der Waals surface area contributed by atoms with Crippen LogP contribution in [0.15, 0.2) is 6.07 Å². The van der Waals surface area contributed by atoms with Gasteiger partial charge in [0, 0.05) is 10.9 Å². The maximum absolute atomic E-state index is 12.4. The summed E-state index contributed by atoms with van der Waals surface area (Å²) >= 11 is 1.69. The number of fused-ring (bicyclic) bond motifs is 1. The van der Waals surface area contributed by atoms with Crippen molar-refractivity contribution in [2.45, 2.75) is 76.4 Å². The molecule has 0 aliphatic heterocycles. The zero-order chi connectivity index (χ0) is 14.7. The number of amides is 1. The summed E-state index contributed by atoms with van der Waals surface area (Å²) in [5, 5.41) is 12.7. The molecule has 1 aromatic rings. The summed E-state index contributed by atoms with van der Waals surface area (Å²) in [6.45, 7) is 0. The lowest BCUT2D eigenvalue weighted by atomic mass is 9.93. The van der Waals surface area contributed by atoms with Crippen LogP contribution in [-0.2, 0) is 12.8 Å². The minimum Gasteiger partial charge on any atom is -0.393 e. The van der Waals surface area contributed by atoms with E-state index < -0.39 is 0 Å². The highest BCUT2D eigenvalue weighted by Gasteiger charge is 2.22. The van der Waals surface area contributed by atoms with Crippen molar-refractivity contribution in [2.24, 2.45) is 0 Å². The van der Waals surface area contributed by atoms with Gasteiger partial charge in [0.25, 0.3) is 5.91 Å². The molecule has 1 heterocycles. The minimum absolute atomic E-state index is 0.0909. The number of aliphatic hydroxyl groups excluding tert-OH is 1. The molecule has 0 radical (unpaired) electrons. The predicted molar refractivity (Wildman–Crippen MR) is 85.9 cm³/mol. The molecule has 2 aliphatic rings. The molecule has 0 aromatic carbocycles. The molecule has 21 heavy (non-hydrogen) atoms. The lowest BCUT2D eigenvalue weighted by Crippen LogP contribution is -2.38. The van der Waals surface area contributed by atoms with Gasteiger partial charge in [-0.1, -0.05) is 12.8 Å². The molecule has 4 heteroatoms. The highest BCUT2D eigenvalue weighted by Crippen LogP contribution is 2.29. The van der Waals surface area contributed by atoms with Crippen LogP contribution in [0.5, 0.6) is 0 Å². The first kappa shape index (κ1) is 15.0. The standard InChI is InChI=1S/C17H25NO2S/c19-14-9-7-13(8-10-14)18-17(20)16-11-12-5-3-1-2-4-6-15(12)21-16/h11,13-14,19H,1-10H2,(H,18,20). The van der Waals surface area contributed by atoms with Crippen molar-refractivity contribution in [1.29, 1.82) is 0 Å². The molecule has 3 nitrogen and oxygen atoms in total. The Bertz CT molecular complexity index is 463. The summed E-state index contributed by atoms with van der Waals surface area (Å²) in [6.07, 6.45) is 10.7. The summed E-state index contributed by atoms with van der Waals surface area (Å²) in [4.78, 5) is 14.7. The second kappa shape index (κ2) is 6.93. The van der Waals surface area contributed by atoms with E-state index in [9.17, 15) is 9.90 Å². The molecule has 2 N–H and O–H groups in total. The number of nitrogens with one attached hydrogen (secondary N) is 1. The molecule has 0 unspecified atom stereocenters. The monoisotopic (exact) mass is 307 g/mol. The third-order valence-electron chi connectivity index (χ3n) is 4.75. The summed E-state index contributed by atoms with van der Waals surface area (Å²) in [6, 6.07) is 2.36. The van der Waals surface area contributed by atoms with Crippen molar-refractivity contribution >= 4 is 17.2 Å². The van der Waals surface area contributed by atoms with Gasteiger partial charge in [-0.25, -0.2) is 0 Å². The zero-order valence-electron chi connectivity index (χ0n) is 12.6. The smallest absolute Gasteiger partial charge is 0.261 e. The molecule has 0 bridgehead atoms. The first-order valence-corrected chi connectivity index (χ1v) is 9.14. The summed E-state index contributed by atoms with van der Waals surface area (Å²) in [5.74, 6) is 0.0909. The van der Waals surface area contributed by atoms with Gasteiger partial charge in [0.1, 0.15) is 0 Å². The quantitative estimate of drug-likeness (QED) is 0.879. The van der Waals surface area contributed by atoms with Crippen LogP contribution in [0.2, 0.25) is 0 Å². The second-order valence-corrected chi connectivity index (χ2v) is 7.59. The lowest BCUT2D eigenvalue weighted by molar-refractivity contribution is 0.0871. The van der Waals surface area contributed by atoms with E-state index in [1.165, 1.54) is 36.1 Å². The number of aryl methyl sites for hydroxylation is 2. The molecule has 1 amide bonds. The van der Waals surface area contributed by atoms with Gasteiger partial charge in [-0.15, -0.1) is 11.3 Å². The number of hydrogen-bond donors (Lipinski definition) is 2. The fraction of sp³-hybridized carbons (Fsp3) is 0.706. The van der Waals surface area contributed by atoms with Gasteiger partial charge < -0.3 is 10.4 Å². The maximum atomic E-state index is 12.4. The Morgan fingerprint density at radius 2 is 1.81 bits per heavy atom. The molecule has 3 rings (SSSR count). The Hall–Kier alpha value is -0.870. The molecule has 116 valence electrons. The highest BCUT2D eigenvalue weighted by atomic mass is 32.1. The lowest BCUT2D eigenvalue weighted by Gasteiger charge is -2.25. The third kappa shape index (κ3) is 3.86. The van der Waals surface area contributed by atoms with Crippen LogP contribution >= 0.6 is 11.3 Å². The average molecular weight is 307 g/mol. The van der Waals surface area contributed by atoms with Crippen LogP contribution in [0.25, 0.3) is 0 Å². The van der Waals surface area contributed by atoms with E-state index in [1.807, 2.05) is 0 Å². The van der Waals surface area contributed by atoms with Crippen molar-refractivity contribution < 1.29 is 9.90 Å². The van der Waals surface area contributed by atoms with Gasteiger partial charge in [0.15, 0.2) is 0 Å². The molecule has 2 aliphatic carbocycles. The summed E-state index contributed by atoms with van der Waals surface area (Å²) in [7, 11) is 0. The van der Waals surface area contributed by atoms with Gasteiger partial charge in [0.2, 0.25) is 0 Å². The topological polar surface area (TPSA) is 49.3 Å². The van der Waals surface area contributed by atoms with Crippen molar-refractivity contribution in [3.8, 4) is 0 Å². The van der Waals surface area contributed by atoms with E-state index >= 15 is 0 Å². The van der Waals surface area contributed by atoms with Crippen LogP contribution in [-0.4, -0.2) is 23.2 Å². The first-order chi connectivity index (χ1) is 10.2. The van der Waals surface area contributed by atoms with Gasteiger partial charge in [0.05, 0.1) is 11.0 Å². The molecule has 1 aromatic heterocycles. The molecule has 0 spiro atoms. The molecular formula is C17H25NO2S. The normalized spacial score (nSPS) is 26.5. The first-order valence-electron chi connectivity index (χ1n) is 8.33. The zero-order valence-corrected chi connectivity index (χ0v) is 13.4. The molecule has 1 saturated carbocycles. The SMILES string of the molecule is O=C(NC1CCC(O)CC1)c1cc2c(s1)CCCCCC2. The van der Waals surface area contributed by atoms with Crippen LogP contribution in [0.1, 0.15) is 71.5 Å². The van der Waals surface area contributed by atoms with E-state index in [4.69, 9.17) is 0 Å². The molecule has 1 fully saturated rings. The Morgan fingerprint density at radius 3 is 2.57 bits per heavy atom. The molecule has 0 atom stereocenters. The van der Waals surface area contributed by atoms with Crippen LogP contribution in [0, 0.1) is 0 Å². The van der Waals surface area contributed by atoms with Gasteiger partial charge >= 0.3 is 0 Å². The Morgan fingerprint density at radius 1 is 1.10 bits per heavy atom. The van der Waals surface area contributed by atoms with E-state index in [1.54, 1.807) is 11.3 Å². The van der Waals surface area contributed by atoms with Crippen molar-refractivity contribution in [1.82, 2.24) is 5.32 Å². The third-order valence-corrected chi connectivity index (χ3v) is 5.99. The van der Waals surface area contributed by atoms with Gasteiger partial charge in [-0.2, -0.15) is 0 Å². The minimum atomic E-state index is -0.167. The van der Waals surface area contributed by atoms with Crippen molar-refractivity contribution in [3.63, 3.8) is 0 Å². The number of carbonyl (C=O) groups is 1. The van der Waals surface area contributed by atoms with Gasteiger partial charge in [-0.3, -0.25) is 4.79 Å². The van der Waals surface area contributed by atoms with Crippen LogP contribution in [0.3, 0.4) is 0 Å². The summed E-state index contributed by atoms with van der Waals surface area (Å²) in [5.41, 5.74) is 1.41. The Labute approximate surface area is 130 Å². The van der Waals surface area contributed by atoms with E-state index in [2.05, 4.69) is 11.4 Å². The molecular weight excluding hydrogens is 282 g/mol. The van der Waals surface area contributed by atoms with E-state index in [-0.39, 0.29) is 18.1 Å². The van der Waals surface area contributed by atoms with E-state index in [0.717, 1.165) is 43.4 Å². The number of carbonyl (C=O) groups excluding carboxylic acids is 1. The predicted octanol–water partition coefficient (Wildman–Crippen LogP) is 3.44. The van der Waals surface area contributed by atoms with Crippen LogP contribution < -0.4 is 5.32 Å². The van der Waals surface area contributed by atoms with Crippen molar-refractivity contribution in [2.75, 3.05) is 0 Å². The second-order valence-electron chi connectivity index (χ2n) is 6.45. The van der Waals surface area contributed by atoms with Crippen molar-refractivity contribution in [3.05, 3.63) is 21.4 Å². The fourth-order valence-electron chi connectivity index (χ4n) is 3.43. The number of thiophene rings is 1. The van der Waals surface area contributed by atoms with E-state index in [0.29, 0.717) is 0 Å². The maximum Gasteiger partial charge on any atom is 0.261 e. The Kier molecular flexibility index (Phi) is 4.96. The van der Waals surface area contributed by atoms with Gasteiger partial charge in [-0.05, 0) is 63.0 Å².